The van der Waals surface area contributed by atoms with Gasteiger partial charge in [-0.05, 0) is 39.0 Å². The van der Waals surface area contributed by atoms with Gasteiger partial charge in [-0.1, -0.05) is 6.92 Å². The van der Waals surface area contributed by atoms with E-state index >= 15 is 0 Å². The van der Waals surface area contributed by atoms with Gasteiger partial charge in [-0.15, -0.1) is 0 Å². The quantitative estimate of drug-likeness (QED) is 0.744. The molecular formula is C12H23N3O. The standard InChI is InChI=1S/C12H23N3O/c1-4-12(2,3)14-11(16)15-7-8-5-9(13)10(15)6-8/h8-10H,4-7,13H2,1-3H3,(H,14,16). The number of fused-ring (bicyclic) bond motifs is 2. The van der Waals surface area contributed by atoms with Crippen molar-refractivity contribution in [3.8, 4) is 0 Å². The normalized spacial score (nSPS) is 33.2. The van der Waals surface area contributed by atoms with Crippen LogP contribution >= 0.6 is 0 Å². The molecule has 2 aliphatic rings. The maximum atomic E-state index is 12.1. The van der Waals surface area contributed by atoms with E-state index in [9.17, 15) is 4.79 Å². The first-order valence-corrected chi connectivity index (χ1v) is 6.27. The highest BCUT2D eigenvalue weighted by molar-refractivity contribution is 5.76. The molecule has 1 aliphatic carbocycles. The molecule has 0 aromatic heterocycles. The van der Waals surface area contributed by atoms with Crippen molar-refractivity contribution in [2.75, 3.05) is 6.54 Å². The smallest absolute Gasteiger partial charge is 0.318 e. The highest BCUT2D eigenvalue weighted by Gasteiger charge is 2.45. The fraction of sp³-hybridized carbons (Fsp3) is 0.917. The molecular weight excluding hydrogens is 202 g/mol. The van der Waals surface area contributed by atoms with Crippen LogP contribution in [-0.2, 0) is 0 Å². The Labute approximate surface area is 97.6 Å². The minimum Gasteiger partial charge on any atom is -0.333 e. The molecule has 92 valence electrons. The molecule has 0 spiro atoms. The van der Waals surface area contributed by atoms with Crippen molar-refractivity contribution in [2.45, 2.75) is 57.7 Å². The minimum absolute atomic E-state index is 0.0644. The summed E-state index contributed by atoms with van der Waals surface area (Å²) in [6, 6.07) is 0.529. The van der Waals surface area contributed by atoms with Crippen LogP contribution in [0.5, 0.6) is 0 Å². The third-order valence-corrected chi connectivity index (χ3v) is 4.12. The number of carbonyl (C=O) groups is 1. The number of piperidine rings is 1. The topological polar surface area (TPSA) is 58.4 Å². The van der Waals surface area contributed by atoms with E-state index in [1.165, 1.54) is 0 Å². The summed E-state index contributed by atoms with van der Waals surface area (Å²) < 4.78 is 0. The Morgan fingerprint density at radius 1 is 1.50 bits per heavy atom. The van der Waals surface area contributed by atoms with Gasteiger partial charge in [-0.2, -0.15) is 0 Å². The van der Waals surface area contributed by atoms with Gasteiger partial charge >= 0.3 is 6.03 Å². The monoisotopic (exact) mass is 225 g/mol. The first kappa shape index (κ1) is 11.7. The van der Waals surface area contributed by atoms with Gasteiger partial charge in [0.2, 0.25) is 0 Å². The molecule has 2 rings (SSSR count). The number of carbonyl (C=O) groups excluding carboxylic acids is 1. The largest absolute Gasteiger partial charge is 0.333 e. The molecule has 0 radical (unpaired) electrons. The molecule has 1 aliphatic heterocycles. The summed E-state index contributed by atoms with van der Waals surface area (Å²) in [5, 5.41) is 3.08. The summed E-state index contributed by atoms with van der Waals surface area (Å²) in [5.74, 6) is 0.635. The van der Waals surface area contributed by atoms with Crippen molar-refractivity contribution in [3.63, 3.8) is 0 Å². The molecule has 1 saturated carbocycles. The molecule has 0 aromatic carbocycles. The zero-order valence-corrected chi connectivity index (χ0v) is 10.5. The van der Waals surface area contributed by atoms with Crippen LogP contribution in [0.25, 0.3) is 0 Å². The minimum atomic E-state index is -0.122. The van der Waals surface area contributed by atoms with Crippen LogP contribution in [0, 0.1) is 5.92 Å². The molecule has 16 heavy (non-hydrogen) atoms. The van der Waals surface area contributed by atoms with E-state index in [4.69, 9.17) is 5.73 Å². The van der Waals surface area contributed by atoms with Crippen LogP contribution < -0.4 is 11.1 Å². The van der Waals surface area contributed by atoms with Crippen molar-refractivity contribution < 1.29 is 4.79 Å². The predicted octanol–water partition coefficient (Wildman–Crippen LogP) is 1.31. The molecule has 2 amide bonds. The first-order chi connectivity index (χ1) is 7.43. The van der Waals surface area contributed by atoms with E-state index < -0.39 is 0 Å². The van der Waals surface area contributed by atoms with Crippen LogP contribution in [0.1, 0.15) is 40.0 Å². The zero-order valence-electron chi connectivity index (χ0n) is 10.5. The summed E-state index contributed by atoms with van der Waals surface area (Å²) in [5.41, 5.74) is 5.90. The first-order valence-electron chi connectivity index (χ1n) is 6.27. The lowest BCUT2D eigenvalue weighted by Crippen LogP contribution is -2.55. The third-order valence-electron chi connectivity index (χ3n) is 4.12. The SMILES string of the molecule is CCC(C)(C)NC(=O)N1CC2CC(N)C1C2. The molecule has 2 bridgehead atoms. The highest BCUT2D eigenvalue weighted by Crippen LogP contribution is 2.36. The average Bonchev–Trinajstić information content (AvgIpc) is 2.75. The van der Waals surface area contributed by atoms with Gasteiger partial charge in [0.25, 0.3) is 0 Å². The Kier molecular flexibility index (Phi) is 2.86. The van der Waals surface area contributed by atoms with Gasteiger partial charge in [-0.3, -0.25) is 0 Å². The number of rotatable bonds is 2. The number of amides is 2. The molecule has 1 heterocycles. The molecule has 1 saturated heterocycles. The van der Waals surface area contributed by atoms with E-state index in [1.807, 2.05) is 4.90 Å². The van der Waals surface area contributed by atoms with Crippen molar-refractivity contribution in [1.82, 2.24) is 10.2 Å². The van der Waals surface area contributed by atoms with Gasteiger partial charge < -0.3 is 16.0 Å². The highest BCUT2D eigenvalue weighted by atomic mass is 16.2. The van der Waals surface area contributed by atoms with Crippen LogP contribution in [0.4, 0.5) is 4.79 Å². The predicted molar refractivity (Wildman–Crippen MR) is 64.1 cm³/mol. The molecule has 3 N–H and O–H groups in total. The van der Waals surface area contributed by atoms with Gasteiger partial charge in [0.1, 0.15) is 0 Å². The Morgan fingerprint density at radius 2 is 2.19 bits per heavy atom. The lowest BCUT2D eigenvalue weighted by atomic mass is 10.0. The number of likely N-dealkylation sites (tertiary alicyclic amines) is 1. The second kappa shape index (κ2) is 3.91. The van der Waals surface area contributed by atoms with Crippen molar-refractivity contribution >= 4 is 6.03 Å². The number of nitrogens with two attached hydrogens (primary N) is 1. The summed E-state index contributed by atoms with van der Waals surface area (Å²) >= 11 is 0. The lowest BCUT2D eigenvalue weighted by molar-refractivity contribution is 0.163. The molecule has 3 atom stereocenters. The van der Waals surface area contributed by atoms with Gasteiger partial charge in [-0.25, -0.2) is 4.79 Å². The fourth-order valence-corrected chi connectivity index (χ4v) is 2.76. The molecule has 3 unspecified atom stereocenters. The summed E-state index contributed by atoms with van der Waals surface area (Å²) in [7, 11) is 0. The van der Waals surface area contributed by atoms with E-state index in [2.05, 4.69) is 26.1 Å². The molecule has 0 aromatic rings. The average molecular weight is 225 g/mol. The van der Waals surface area contributed by atoms with Gasteiger partial charge in [0.15, 0.2) is 0 Å². The Morgan fingerprint density at radius 3 is 2.69 bits per heavy atom. The van der Waals surface area contributed by atoms with E-state index in [-0.39, 0.29) is 23.7 Å². The molecule has 4 heteroatoms. The zero-order chi connectivity index (χ0) is 11.9. The van der Waals surface area contributed by atoms with Crippen LogP contribution in [0.15, 0.2) is 0 Å². The Bertz CT molecular complexity index is 290. The molecule has 4 nitrogen and oxygen atoms in total. The van der Waals surface area contributed by atoms with Crippen LogP contribution in [0.2, 0.25) is 0 Å². The lowest BCUT2D eigenvalue weighted by Gasteiger charge is -2.34. The maximum Gasteiger partial charge on any atom is 0.318 e. The van der Waals surface area contributed by atoms with Crippen molar-refractivity contribution in [1.29, 1.82) is 0 Å². The van der Waals surface area contributed by atoms with Crippen LogP contribution in [-0.4, -0.2) is 35.1 Å². The number of hydrogen-bond donors (Lipinski definition) is 2. The summed E-state index contributed by atoms with van der Waals surface area (Å²) in [4.78, 5) is 14.1. The Balaban J connectivity index is 1.97. The fourth-order valence-electron chi connectivity index (χ4n) is 2.76. The molecule has 2 fully saturated rings. The Hall–Kier alpha value is -0.770. The second-order valence-electron chi connectivity index (χ2n) is 5.89. The summed E-state index contributed by atoms with van der Waals surface area (Å²) in [6.07, 6.45) is 3.12. The van der Waals surface area contributed by atoms with E-state index in [0.717, 1.165) is 25.8 Å². The van der Waals surface area contributed by atoms with E-state index in [0.29, 0.717) is 5.92 Å². The van der Waals surface area contributed by atoms with Crippen molar-refractivity contribution in [3.05, 3.63) is 0 Å². The van der Waals surface area contributed by atoms with E-state index in [1.54, 1.807) is 0 Å². The van der Waals surface area contributed by atoms with Gasteiger partial charge in [0, 0.05) is 24.2 Å². The summed E-state index contributed by atoms with van der Waals surface area (Å²) in [6.45, 7) is 7.09. The number of hydrogen-bond acceptors (Lipinski definition) is 2. The van der Waals surface area contributed by atoms with Crippen molar-refractivity contribution in [2.24, 2.45) is 11.7 Å². The van der Waals surface area contributed by atoms with Crippen LogP contribution in [0.3, 0.4) is 0 Å². The third kappa shape index (κ3) is 2.03. The number of nitrogens with one attached hydrogen (secondary N) is 1. The van der Waals surface area contributed by atoms with Gasteiger partial charge in [0.05, 0.1) is 0 Å². The number of nitrogens with zero attached hydrogens (tertiary/aromatic N) is 1. The second-order valence-corrected chi connectivity index (χ2v) is 5.89. The number of urea groups is 1. The maximum absolute atomic E-state index is 12.1.